The van der Waals surface area contributed by atoms with Crippen molar-refractivity contribution < 1.29 is 19.6 Å². The second-order valence-corrected chi connectivity index (χ2v) is 3.99. The molecule has 0 saturated heterocycles. The van der Waals surface area contributed by atoms with Crippen molar-refractivity contribution in [2.75, 3.05) is 12.4 Å². The van der Waals surface area contributed by atoms with Crippen LogP contribution in [0.15, 0.2) is 18.2 Å². The monoisotopic (exact) mass is 268 g/mol. The number of anilines is 1. The highest BCUT2D eigenvalue weighted by atomic mass is 16.6. The van der Waals surface area contributed by atoms with Crippen molar-refractivity contribution in [3.63, 3.8) is 0 Å². The number of carboxylic acid groups (broad SMARTS) is 1. The molecule has 7 heteroatoms. The molecule has 2 N–H and O–H groups in total. The van der Waals surface area contributed by atoms with E-state index in [4.69, 9.17) is 9.84 Å². The zero-order valence-corrected chi connectivity index (χ0v) is 10.8. The van der Waals surface area contributed by atoms with Crippen molar-refractivity contribution in [3.05, 3.63) is 28.3 Å². The Balaban J connectivity index is 2.90. The molecule has 7 nitrogen and oxygen atoms in total. The molecule has 0 aliphatic heterocycles. The van der Waals surface area contributed by atoms with Gasteiger partial charge in [-0.15, -0.1) is 0 Å². The summed E-state index contributed by atoms with van der Waals surface area (Å²) in [5.74, 6) is -0.756. The smallest absolute Gasteiger partial charge is 0.311 e. The van der Waals surface area contributed by atoms with Crippen molar-refractivity contribution in [1.82, 2.24) is 0 Å². The summed E-state index contributed by atoms with van der Waals surface area (Å²) in [6, 6.07) is 4.12. The van der Waals surface area contributed by atoms with E-state index in [1.165, 1.54) is 25.3 Å². The highest BCUT2D eigenvalue weighted by Gasteiger charge is 2.16. The number of aliphatic carboxylic acids is 1. The molecule has 0 aromatic heterocycles. The zero-order chi connectivity index (χ0) is 14.4. The Morgan fingerprint density at radius 2 is 2.26 bits per heavy atom. The minimum atomic E-state index is -0.895. The Morgan fingerprint density at radius 3 is 2.74 bits per heavy atom. The molecule has 0 spiro atoms. The Bertz CT molecular complexity index is 475. The third-order valence-corrected chi connectivity index (χ3v) is 2.66. The maximum atomic E-state index is 10.7. The molecule has 0 aliphatic rings. The van der Waals surface area contributed by atoms with Gasteiger partial charge in [0.1, 0.15) is 0 Å². The van der Waals surface area contributed by atoms with E-state index in [9.17, 15) is 14.9 Å². The molecule has 1 atom stereocenters. The van der Waals surface area contributed by atoms with Gasteiger partial charge in [0.15, 0.2) is 5.75 Å². The van der Waals surface area contributed by atoms with E-state index in [0.29, 0.717) is 12.1 Å². The number of rotatable bonds is 7. The molecule has 19 heavy (non-hydrogen) atoms. The number of carboxylic acids is 1. The van der Waals surface area contributed by atoms with Crippen molar-refractivity contribution >= 4 is 17.3 Å². The third kappa shape index (κ3) is 4.13. The maximum Gasteiger partial charge on any atom is 0.311 e. The summed E-state index contributed by atoms with van der Waals surface area (Å²) < 4.78 is 4.95. The number of nitro benzene ring substituents is 1. The number of hydrogen-bond acceptors (Lipinski definition) is 5. The predicted molar refractivity (Wildman–Crippen MR) is 69.6 cm³/mol. The van der Waals surface area contributed by atoms with Crippen LogP contribution in [-0.2, 0) is 4.79 Å². The van der Waals surface area contributed by atoms with Crippen LogP contribution in [0.2, 0.25) is 0 Å². The van der Waals surface area contributed by atoms with Crippen LogP contribution in [0, 0.1) is 10.1 Å². The van der Waals surface area contributed by atoms with E-state index in [2.05, 4.69) is 5.32 Å². The molecule has 0 fully saturated rings. The van der Waals surface area contributed by atoms with Gasteiger partial charge in [-0.25, -0.2) is 0 Å². The zero-order valence-electron chi connectivity index (χ0n) is 10.8. The maximum absolute atomic E-state index is 10.7. The number of methoxy groups -OCH3 is 1. The van der Waals surface area contributed by atoms with Crippen molar-refractivity contribution in [2.45, 2.75) is 25.8 Å². The van der Waals surface area contributed by atoms with Crippen LogP contribution >= 0.6 is 0 Å². The molecular formula is C12H16N2O5. The summed E-state index contributed by atoms with van der Waals surface area (Å²) in [6.07, 6.45) is 0.613. The minimum Gasteiger partial charge on any atom is -0.490 e. The SMILES string of the molecule is CCC(CC(=O)O)Nc1ccc([N+](=O)[O-])c(OC)c1. The van der Waals surface area contributed by atoms with Gasteiger partial charge in [-0.3, -0.25) is 14.9 Å². The first kappa shape index (κ1) is 14.7. The molecule has 104 valence electrons. The highest BCUT2D eigenvalue weighted by molar-refractivity contribution is 5.68. The molecule has 1 rings (SSSR count). The normalized spacial score (nSPS) is 11.7. The molecule has 0 saturated carbocycles. The van der Waals surface area contributed by atoms with Gasteiger partial charge in [0.2, 0.25) is 0 Å². The lowest BCUT2D eigenvalue weighted by Gasteiger charge is -2.16. The topological polar surface area (TPSA) is 102 Å². The fourth-order valence-electron chi connectivity index (χ4n) is 1.66. The van der Waals surface area contributed by atoms with Gasteiger partial charge in [-0.2, -0.15) is 0 Å². The van der Waals surface area contributed by atoms with Gasteiger partial charge < -0.3 is 15.2 Å². The van der Waals surface area contributed by atoms with E-state index >= 15 is 0 Å². The summed E-state index contributed by atoms with van der Waals surface area (Å²) >= 11 is 0. The lowest BCUT2D eigenvalue weighted by atomic mass is 10.1. The fraction of sp³-hybridized carbons (Fsp3) is 0.417. The second-order valence-electron chi connectivity index (χ2n) is 3.99. The summed E-state index contributed by atoms with van der Waals surface area (Å²) in [4.78, 5) is 20.9. The molecule has 0 heterocycles. The average Bonchev–Trinajstić information content (AvgIpc) is 2.36. The first-order valence-electron chi connectivity index (χ1n) is 5.78. The van der Waals surface area contributed by atoms with Crippen LogP contribution in [0.4, 0.5) is 11.4 Å². The van der Waals surface area contributed by atoms with E-state index in [1.54, 1.807) is 0 Å². The van der Waals surface area contributed by atoms with Gasteiger partial charge >= 0.3 is 11.7 Å². The lowest BCUT2D eigenvalue weighted by molar-refractivity contribution is -0.385. The van der Waals surface area contributed by atoms with E-state index in [-0.39, 0.29) is 23.9 Å². The number of ether oxygens (including phenoxy) is 1. The fourth-order valence-corrected chi connectivity index (χ4v) is 1.66. The van der Waals surface area contributed by atoms with Gasteiger partial charge in [0.05, 0.1) is 18.5 Å². The van der Waals surface area contributed by atoms with Crippen molar-refractivity contribution in [3.8, 4) is 5.75 Å². The van der Waals surface area contributed by atoms with Crippen LogP contribution in [0.1, 0.15) is 19.8 Å². The van der Waals surface area contributed by atoms with E-state index in [0.717, 1.165) is 0 Å². The second kappa shape index (κ2) is 6.58. The number of carbonyl (C=O) groups is 1. The summed E-state index contributed by atoms with van der Waals surface area (Å²) in [5, 5.41) is 22.5. The molecule has 0 amide bonds. The lowest BCUT2D eigenvalue weighted by Crippen LogP contribution is -2.22. The molecule has 1 aromatic carbocycles. The van der Waals surface area contributed by atoms with Crippen LogP contribution in [0.5, 0.6) is 5.75 Å². The Hall–Kier alpha value is -2.31. The van der Waals surface area contributed by atoms with E-state index in [1.807, 2.05) is 6.92 Å². The number of nitro groups is 1. The number of hydrogen-bond donors (Lipinski definition) is 2. The Kier molecular flexibility index (Phi) is 5.11. The largest absolute Gasteiger partial charge is 0.490 e. The molecule has 0 bridgehead atoms. The first-order valence-corrected chi connectivity index (χ1v) is 5.78. The minimum absolute atomic E-state index is 0.0181. The summed E-state index contributed by atoms with van der Waals surface area (Å²) in [7, 11) is 1.35. The quantitative estimate of drug-likeness (QED) is 0.581. The van der Waals surface area contributed by atoms with Crippen molar-refractivity contribution in [1.29, 1.82) is 0 Å². The van der Waals surface area contributed by atoms with Gasteiger partial charge in [0, 0.05) is 23.9 Å². The van der Waals surface area contributed by atoms with Crippen LogP contribution < -0.4 is 10.1 Å². The van der Waals surface area contributed by atoms with Crippen LogP contribution in [-0.4, -0.2) is 29.2 Å². The molecule has 1 aromatic rings. The molecular weight excluding hydrogens is 252 g/mol. The summed E-state index contributed by atoms with van der Waals surface area (Å²) in [6.45, 7) is 1.86. The predicted octanol–water partition coefficient (Wildman–Crippen LogP) is 2.27. The van der Waals surface area contributed by atoms with E-state index < -0.39 is 10.9 Å². The summed E-state index contributed by atoms with van der Waals surface area (Å²) in [5.41, 5.74) is 0.467. The molecule has 1 unspecified atom stereocenters. The Labute approximate surface area is 110 Å². The van der Waals surface area contributed by atoms with Gasteiger partial charge in [0.25, 0.3) is 0 Å². The van der Waals surface area contributed by atoms with Gasteiger partial charge in [-0.05, 0) is 12.5 Å². The number of nitrogens with one attached hydrogen (secondary N) is 1. The van der Waals surface area contributed by atoms with Crippen LogP contribution in [0.25, 0.3) is 0 Å². The number of benzene rings is 1. The molecule has 0 radical (unpaired) electrons. The first-order chi connectivity index (χ1) is 8.97. The van der Waals surface area contributed by atoms with Gasteiger partial charge in [-0.1, -0.05) is 6.92 Å². The highest BCUT2D eigenvalue weighted by Crippen LogP contribution is 2.30. The number of nitrogens with zero attached hydrogens (tertiary/aromatic N) is 1. The van der Waals surface area contributed by atoms with Crippen LogP contribution in [0.3, 0.4) is 0 Å². The molecule has 0 aliphatic carbocycles. The third-order valence-electron chi connectivity index (χ3n) is 2.66. The average molecular weight is 268 g/mol. The Morgan fingerprint density at radius 1 is 1.58 bits per heavy atom. The standard InChI is InChI=1S/C12H16N2O5/c1-3-8(7-12(15)16)13-9-4-5-10(14(17)18)11(6-9)19-2/h4-6,8,13H,3,7H2,1-2H3,(H,15,16). The van der Waals surface area contributed by atoms with Crippen molar-refractivity contribution in [2.24, 2.45) is 0 Å².